The molecule has 2 aromatic heterocycles. The van der Waals surface area contributed by atoms with Crippen molar-refractivity contribution in [1.82, 2.24) is 15.3 Å². The summed E-state index contributed by atoms with van der Waals surface area (Å²) in [4.78, 5) is 10.3. The van der Waals surface area contributed by atoms with Crippen molar-refractivity contribution in [3.63, 3.8) is 0 Å². The summed E-state index contributed by atoms with van der Waals surface area (Å²) in [7, 11) is 0. The van der Waals surface area contributed by atoms with E-state index < -0.39 is 0 Å². The second kappa shape index (κ2) is 5.38. The van der Waals surface area contributed by atoms with Crippen LogP contribution in [0, 0.1) is 13.8 Å². The van der Waals surface area contributed by atoms with Gasteiger partial charge in [-0.15, -0.1) is 11.3 Å². The summed E-state index contributed by atoms with van der Waals surface area (Å²) < 4.78 is 0. The number of rotatable bonds is 4. The molecule has 0 aliphatic heterocycles. The molecule has 3 nitrogen and oxygen atoms in total. The molecule has 0 unspecified atom stereocenters. The molecule has 0 saturated heterocycles. The summed E-state index contributed by atoms with van der Waals surface area (Å²) in [6.07, 6.45) is 0. The first-order chi connectivity index (χ1) is 8.20. The zero-order chi connectivity index (χ0) is 12.3. The molecule has 2 aromatic rings. The van der Waals surface area contributed by atoms with Crippen LogP contribution >= 0.6 is 11.3 Å². The smallest absolute Gasteiger partial charge is 0.143 e. The van der Waals surface area contributed by atoms with E-state index in [1.165, 1.54) is 10.4 Å². The molecule has 0 saturated carbocycles. The zero-order valence-corrected chi connectivity index (χ0v) is 11.3. The lowest BCUT2D eigenvalue weighted by Gasteiger charge is -2.06. The summed E-state index contributed by atoms with van der Waals surface area (Å²) >= 11 is 1.73. The van der Waals surface area contributed by atoms with Gasteiger partial charge in [0.1, 0.15) is 5.82 Å². The molecule has 2 rings (SSSR count). The predicted octanol–water partition coefficient (Wildman–Crippen LogP) is 2.93. The molecule has 0 radical (unpaired) electrons. The number of nitrogens with zero attached hydrogens (tertiary/aromatic N) is 2. The molecule has 0 amide bonds. The molecule has 17 heavy (non-hydrogen) atoms. The van der Waals surface area contributed by atoms with E-state index in [9.17, 15) is 0 Å². The number of hydrogen-bond donors (Lipinski definition) is 1. The Morgan fingerprint density at radius 2 is 2.12 bits per heavy atom. The minimum absolute atomic E-state index is 0.732. The maximum absolute atomic E-state index is 4.61. The third-order valence-corrected chi connectivity index (χ3v) is 3.57. The van der Waals surface area contributed by atoms with Crippen LogP contribution in [-0.4, -0.2) is 16.5 Å². The van der Waals surface area contributed by atoms with Gasteiger partial charge >= 0.3 is 0 Å². The fourth-order valence-electron chi connectivity index (χ4n) is 1.70. The fraction of sp³-hybridized carbons (Fsp3) is 0.385. The van der Waals surface area contributed by atoms with Crippen LogP contribution in [0.5, 0.6) is 0 Å². The van der Waals surface area contributed by atoms with Gasteiger partial charge in [0.2, 0.25) is 0 Å². The normalized spacial score (nSPS) is 10.8. The molecule has 4 heteroatoms. The zero-order valence-electron chi connectivity index (χ0n) is 10.4. The minimum Gasteiger partial charge on any atom is -0.310 e. The maximum atomic E-state index is 4.61. The van der Waals surface area contributed by atoms with Gasteiger partial charge in [0.25, 0.3) is 0 Å². The van der Waals surface area contributed by atoms with E-state index in [0.717, 1.165) is 30.3 Å². The van der Waals surface area contributed by atoms with Crippen LogP contribution in [-0.2, 0) is 6.54 Å². The number of aromatic nitrogens is 2. The Labute approximate surface area is 106 Å². The Balaban J connectivity index is 2.35. The number of aryl methyl sites for hydroxylation is 2. The molecule has 0 aliphatic rings. The highest BCUT2D eigenvalue weighted by molar-refractivity contribution is 7.13. The highest BCUT2D eigenvalue weighted by Crippen LogP contribution is 2.27. The number of thiophene rings is 1. The van der Waals surface area contributed by atoms with Gasteiger partial charge in [-0.1, -0.05) is 6.92 Å². The van der Waals surface area contributed by atoms with E-state index >= 15 is 0 Å². The van der Waals surface area contributed by atoms with Gasteiger partial charge in [0.05, 0.1) is 17.1 Å². The summed E-state index contributed by atoms with van der Waals surface area (Å²) in [5.41, 5.74) is 3.34. The summed E-state index contributed by atoms with van der Waals surface area (Å²) in [5, 5.41) is 5.36. The summed E-state index contributed by atoms with van der Waals surface area (Å²) in [6.45, 7) is 7.89. The van der Waals surface area contributed by atoms with E-state index in [4.69, 9.17) is 0 Å². The van der Waals surface area contributed by atoms with Crippen molar-refractivity contribution in [2.24, 2.45) is 0 Å². The van der Waals surface area contributed by atoms with Gasteiger partial charge in [0, 0.05) is 5.69 Å². The van der Waals surface area contributed by atoms with Gasteiger partial charge in [-0.3, -0.25) is 0 Å². The first-order valence-electron chi connectivity index (χ1n) is 5.80. The first-order valence-corrected chi connectivity index (χ1v) is 6.68. The lowest BCUT2D eigenvalue weighted by atomic mass is 10.2. The average Bonchev–Trinajstić information content (AvgIpc) is 2.72. The van der Waals surface area contributed by atoms with Crippen molar-refractivity contribution in [3.8, 4) is 10.6 Å². The molecule has 0 spiro atoms. The number of hydrogen-bond acceptors (Lipinski definition) is 4. The van der Waals surface area contributed by atoms with Crippen LogP contribution in [0.25, 0.3) is 10.6 Å². The average molecular weight is 247 g/mol. The van der Waals surface area contributed by atoms with E-state index in [2.05, 4.69) is 40.6 Å². The molecule has 0 fully saturated rings. The molecule has 0 bridgehead atoms. The molecular formula is C13H17N3S. The Bertz CT molecular complexity index is 505. The van der Waals surface area contributed by atoms with Crippen LogP contribution < -0.4 is 5.32 Å². The van der Waals surface area contributed by atoms with Crippen LogP contribution in [0.2, 0.25) is 0 Å². The largest absolute Gasteiger partial charge is 0.310 e. The van der Waals surface area contributed by atoms with Crippen molar-refractivity contribution in [3.05, 3.63) is 34.6 Å². The molecule has 2 heterocycles. The standard InChI is InChI=1S/C13H17N3S/c1-4-14-8-12-15-10(3)7-11(16-12)13-9(2)5-6-17-13/h5-7,14H,4,8H2,1-3H3. The van der Waals surface area contributed by atoms with Gasteiger partial charge < -0.3 is 5.32 Å². The monoisotopic (exact) mass is 247 g/mol. The molecular weight excluding hydrogens is 230 g/mol. The predicted molar refractivity (Wildman–Crippen MR) is 72.2 cm³/mol. The van der Waals surface area contributed by atoms with Crippen LogP contribution in [0.4, 0.5) is 0 Å². The molecule has 0 atom stereocenters. The van der Waals surface area contributed by atoms with Crippen molar-refractivity contribution in [2.45, 2.75) is 27.3 Å². The SMILES string of the molecule is CCNCc1nc(C)cc(-c2sccc2C)n1. The van der Waals surface area contributed by atoms with E-state index in [1.54, 1.807) is 11.3 Å². The second-order valence-corrected chi connectivity index (χ2v) is 4.94. The third-order valence-electron chi connectivity index (χ3n) is 2.53. The van der Waals surface area contributed by atoms with Gasteiger partial charge in [0.15, 0.2) is 0 Å². The highest BCUT2D eigenvalue weighted by Gasteiger charge is 2.08. The van der Waals surface area contributed by atoms with Gasteiger partial charge in [-0.2, -0.15) is 0 Å². The van der Waals surface area contributed by atoms with Crippen molar-refractivity contribution in [1.29, 1.82) is 0 Å². The van der Waals surface area contributed by atoms with Crippen LogP contribution in [0.1, 0.15) is 24.0 Å². The quantitative estimate of drug-likeness (QED) is 0.902. The lowest BCUT2D eigenvalue weighted by Crippen LogP contribution is -2.15. The van der Waals surface area contributed by atoms with Gasteiger partial charge in [-0.05, 0) is 43.5 Å². The molecule has 1 N–H and O–H groups in total. The number of nitrogens with one attached hydrogen (secondary N) is 1. The van der Waals surface area contributed by atoms with Crippen molar-refractivity contribution < 1.29 is 0 Å². The van der Waals surface area contributed by atoms with Crippen LogP contribution in [0.3, 0.4) is 0 Å². The Kier molecular flexibility index (Phi) is 3.86. The molecule has 90 valence electrons. The van der Waals surface area contributed by atoms with E-state index in [1.807, 2.05) is 13.0 Å². The highest BCUT2D eigenvalue weighted by atomic mass is 32.1. The van der Waals surface area contributed by atoms with Crippen molar-refractivity contribution >= 4 is 11.3 Å². The van der Waals surface area contributed by atoms with Gasteiger partial charge in [-0.25, -0.2) is 9.97 Å². The Morgan fingerprint density at radius 1 is 1.29 bits per heavy atom. The topological polar surface area (TPSA) is 37.8 Å². The first kappa shape index (κ1) is 12.2. The van der Waals surface area contributed by atoms with E-state index in [0.29, 0.717) is 0 Å². The summed E-state index contributed by atoms with van der Waals surface area (Å²) in [6, 6.07) is 4.18. The molecule has 0 aromatic carbocycles. The third kappa shape index (κ3) is 2.90. The summed E-state index contributed by atoms with van der Waals surface area (Å²) in [5.74, 6) is 0.870. The maximum Gasteiger partial charge on any atom is 0.143 e. The Hall–Kier alpha value is -1.26. The minimum atomic E-state index is 0.732. The van der Waals surface area contributed by atoms with Crippen molar-refractivity contribution in [2.75, 3.05) is 6.54 Å². The second-order valence-electron chi connectivity index (χ2n) is 4.02. The van der Waals surface area contributed by atoms with E-state index in [-0.39, 0.29) is 0 Å². The Morgan fingerprint density at radius 3 is 2.76 bits per heavy atom. The van der Waals surface area contributed by atoms with Crippen LogP contribution in [0.15, 0.2) is 17.5 Å². The fourth-order valence-corrected chi connectivity index (χ4v) is 2.58. The lowest BCUT2D eigenvalue weighted by molar-refractivity contribution is 0.688. The molecule has 0 aliphatic carbocycles.